The van der Waals surface area contributed by atoms with Gasteiger partial charge in [0.1, 0.15) is 22.4 Å². The molecule has 1 aliphatic carbocycles. The first kappa shape index (κ1) is 30.4. The SMILES string of the molecule is Cc1c(S(=O)(=O)N2CC(CNC(=O)C(C)(C)O)Oc3ccc(NC(=O)OC(C)(C)C(F)(F)F)cc32)cnn1C1CC1. The van der Waals surface area contributed by atoms with Crippen LogP contribution in [0.2, 0.25) is 0 Å². The zero-order chi connectivity index (χ0) is 30.5. The van der Waals surface area contributed by atoms with Crippen molar-refractivity contribution in [2.45, 2.75) is 81.9 Å². The first-order chi connectivity index (χ1) is 18.8. The topological polar surface area (TPSA) is 152 Å². The molecule has 3 N–H and O–H groups in total. The molecule has 1 saturated carbocycles. The number of halogens is 3. The van der Waals surface area contributed by atoms with E-state index in [0.29, 0.717) is 19.5 Å². The molecule has 16 heteroatoms. The summed E-state index contributed by atoms with van der Waals surface area (Å²) in [6, 6.07) is 4.00. The number of carbonyl (C=O) groups excluding carboxylic acids is 2. The number of nitrogens with zero attached hydrogens (tertiary/aromatic N) is 3. The second kappa shape index (κ2) is 10.4. The van der Waals surface area contributed by atoms with E-state index in [-0.39, 0.29) is 41.2 Å². The predicted octanol–water partition coefficient (Wildman–Crippen LogP) is 3.26. The highest BCUT2D eigenvalue weighted by atomic mass is 32.2. The first-order valence-electron chi connectivity index (χ1n) is 12.8. The summed E-state index contributed by atoms with van der Waals surface area (Å²) in [6.45, 7) is 5.21. The molecule has 2 amide bonds. The maximum absolute atomic E-state index is 14.0. The van der Waals surface area contributed by atoms with Crippen LogP contribution in [0.15, 0.2) is 29.3 Å². The Balaban J connectivity index is 1.65. The molecule has 2 aliphatic rings. The number of nitrogens with one attached hydrogen (secondary N) is 2. The van der Waals surface area contributed by atoms with Crippen molar-refractivity contribution in [3.63, 3.8) is 0 Å². The van der Waals surface area contributed by atoms with Gasteiger partial charge in [0, 0.05) is 5.69 Å². The number of fused-ring (bicyclic) bond motifs is 1. The first-order valence-corrected chi connectivity index (χ1v) is 14.2. The Labute approximate surface area is 234 Å². The lowest BCUT2D eigenvalue weighted by Gasteiger charge is -2.36. The fourth-order valence-electron chi connectivity index (χ4n) is 4.05. The molecule has 1 aromatic heterocycles. The molecule has 0 saturated heterocycles. The second-order valence-corrected chi connectivity index (χ2v) is 12.9. The molecule has 12 nitrogen and oxygen atoms in total. The van der Waals surface area contributed by atoms with Gasteiger partial charge in [-0.2, -0.15) is 18.3 Å². The minimum atomic E-state index is -4.82. The van der Waals surface area contributed by atoms with E-state index in [4.69, 9.17) is 4.74 Å². The van der Waals surface area contributed by atoms with Gasteiger partial charge in [-0.15, -0.1) is 0 Å². The fraction of sp³-hybridized carbons (Fsp3) is 0.560. The number of rotatable bonds is 8. The van der Waals surface area contributed by atoms with Gasteiger partial charge in [0.25, 0.3) is 15.9 Å². The zero-order valence-electron chi connectivity index (χ0n) is 23.1. The third-order valence-corrected chi connectivity index (χ3v) is 8.56. The monoisotopic (exact) mass is 603 g/mol. The van der Waals surface area contributed by atoms with Crippen LogP contribution in [0, 0.1) is 6.92 Å². The Morgan fingerprint density at radius 3 is 2.44 bits per heavy atom. The van der Waals surface area contributed by atoms with E-state index in [1.165, 1.54) is 38.2 Å². The van der Waals surface area contributed by atoms with Crippen LogP contribution in [0.3, 0.4) is 0 Å². The number of carbonyl (C=O) groups is 2. The lowest BCUT2D eigenvalue weighted by atomic mass is 10.1. The maximum atomic E-state index is 14.0. The summed E-state index contributed by atoms with van der Waals surface area (Å²) < 4.78 is 80.5. The molecule has 1 atom stereocenters. The van der Waals surface area contributed by atoms with Gasteiger partial charge in [0.15, 0.2) is 0 Å². The van der Waals surface area contributed by atoms with Gasteiger partial charge in [0.05, 0.1) is 36.7 Å². The number of anilines is 2. The summed E-state index contributed by atoms with van der Waals surface area (Å²) in [6.07, 6.45) is -4.09. The van der Waals surface area contributed by atoms with Gasteiger partial charge in [-0.25, -0.2) is 13.2 Å². The van der Waals surface area contributed by atoms with Gasteiger partial charge in [-0.05, 0) is 65.7 Å². The van der Waals surface area contributed by atoms with Crippen LogP contribution in [0.5, 0.6) is 5.75 Å². The van der Waals surface area contributed by atoms with E-state index in [9.17, 15) is 36.3 Å². The third-order valence-electron chi connectivity index (χ3n) is 6.67. The summed E-state index contributed by atoms with van der Waals surface area (Å²) in [7, 11) is -4.27. The van der Waals surface area contributed by atoms with Crippen molar-refractivity contribution in [2.75, 3.05) is 22.7 Å². The molecule has 2 aromatic rings. The average Bonchev–Trinajstić information content (AvgIpc) is 3.60. The molecule has 1 fully saturated rings. The summed E-state index contributed by atoms with van der Waals surface area (Å²) in [5.41, 5.74) is -4.07. The van der Waals surface area contributed by atoms with E-state index in [1.807, 2.05) is 0 Å². The fourth-order valence-corrected chi connectivity index (χ4v) is 5.70. The molecule has 0 spiro atoms. The predicted molar refractivity (Wildman–Crippen MR) is 140 cm³/mol. The normalized spacial score (nSPS) is 17.9. The Hall–Kier alpha value is -3.53. The van der Waals surface area contributed by atoms with E-state index in [2.05, 4.69) is 20.5 Å². The van der Waals surface area contributed by atoms with Crippen LogP contribution in [-0.2, 0) is 19.6 Å². The van der Waals surface area contributed by atoms with Gasteiger partial charge in [0.2, 0.25) is 5.60 Å². The van der Waals surface area contributed by atoms with Crippen molar-refractivity contribution < 1.29 is 45.8 Å². The summed E-state index contributed by atoms with van der Waals surface area (Å²) in [4.78, 5) is 24.4. The summed E-state index contributed by atoms with van der Waals surface area (Å²) in [5, 5.41) is 18.9. The molecule has 4 rings (SSSR count). The van der Waals surface area contributed by atoms with Gasteiger partial charge in [-0.3, -0.25) is 19.1 Å². The Bertz CT molecular complexity index is 1450. The van der Waals surface area contributed by atoms with Crippen molar-refractivity contribution in [1.29, 1.82) is 0 Å². The number of hydrogen-bond donors (Lipinski definition) is 3. The molecule has 1 aromatic carbocycles. The van der Waals surface area contributed by atoms with E-state index in [1.54, 1.807) is 11.6 Å². The van der Waals surface area contributed by atoms with Crippen LogP contribution in [0.1, 0.15) is 52.3 Å². The van der Waals surface area contributed by atoms with Gasteiger partial charge < -0.3 is 19.9 Å². The van der Waals surface area contributed by atoms with Crippen LogP contribution in [0.25, 0.3) is 0 Å². The van der Waals surface area contributed by atoms with Crippen LogP contribution < -0.4 is 19.7 Å². The highest BCUT2D eigenvalue weighted by Gasteiger charge is 2.51. The minimum absolute atomic E-state index is 0.00141. The number of aromatic nitrogens is 2. The third kappa shape index (κ3) is 6.37. The molecule has 41 heavy (non-hydrogen) atoms. The number of ether oxygens (including phenoxy) is 2. The van der Waals surface area contributed by atoms with E-state index < -0.39 is 45.5 Å². The van der Waals surface area contributed by atoms with E-state index >= 15 is 0 Å². The minimum Gasteiger partial charge on any atom is -0.484 e. The molecular weight excluding hydrogens is 571 g/mol. The standard InChI is InChI=1S/C25H32F3N5O7S/c1-14-20(12-30-33(14)16-7-8-16)41(37,38)32-13-17(11-29-21(34)23(2,3)36)39-19-9-6-15(10-18(19)32)31-22(35)40-24(4,5)25(26,27)28/h6,9-10,12,16-17,36H,7-8,11,13H2,1-5H3,(H,29,34)(H,31,35). The summed E-state index contributed by atoms with van der Waals surface area (Å²) in [5.74, 6) is -0.619. The smallest absolute Gasteiger partial charge is 0.427 e. The van der Waals surface area contributed by atoms with E-state index in [0.717, 1.165) is 17.1 Å². The number of aliphatic hydroxyl groups is 1. The molecular formula is C25H32F3N5O7S. The number of hydrogen-bond acceptors (Lipinski definition) is 8. The van der Waals surface area contributed by atoms with Crippen molar-refractivity contribution in [3.05, 3.63) is 30.1 Å². The Morgan fingerprint density at radius 2 is 1.85 bits per heavy atom. The molecule has 0 radical (unpaired) electrons. The van der Waals surface area contributed by atoms with Crippen molar-refractivity contribution in [1.82, 2.24) is 15.1 Å². The molecule has 0 bridgehead atoms. The lowest BCUT2D eigenvalue weighted by molar-refractivity contribution is -0.242. The largest absolute Gasteiger partial charge is 0.484 e. The van der Waals surface area contributed by atoms with Crippen LogP contribution >= 0.6 is 0 Å². The summed E-state index contributed by atoms with van der Waals surface area (Å²) >= 11 is 0. The van der Waals surface area contributed by atoms with Crippen molar-refractivity contribution in [2.24, 2.45) is 0 Å². The van der Waals surface area contributed by atoms with Crippen molar-refractivity contribution in [3.8, 4) is 5.75 Å². The van der Waals surface area contributed by atoms with Crippen molar-refractivity contribution >= 4 is 33.4 Å². The second-order valence-electron chi connectivity index (χ2n) is 11.0. The zero-order valence-corrected chi connectivity index (χ0v) is 23.9. The number of benzene rings is 1. The van der Waals surface area contributed by atoms with Gasteiger partial charge in [-0.1, -0.05) is 0 Å². The van der Waals surface area contributed by atoms with Gasteiger partial charge >= 0.3 is 12.3 Å². The number of alkyl halides is 3. The number of sulfonamides is 1. The molecule has 1 unspecified atom stereocenters. The highest BCUT2D eigenvalue weighted by Crippen LogP contribution is 2.41. The molecule has 2 heterocycles. The molecule has 226 valence electrons. The Morgan fingerprint density at radius 1 is 1.20 bits per heavy atom. The quantitative estimate of drug-likeness (QED) is 0.416. The van der Waals surface area contributed by atoms with Crippen LogP contribution in [0.4, 0.5) is 29.3 Å². The lowest BCUT2D eigenvalue weighted by Crippen LogP contribution is -2.51. The maximum Gasteiger partial charge on any atom is 0.427 e. The number of amides is 2. The molecule has 1 aliphatic heterocycles. The Kier molecular flexibility index (Phi) is 7.71. The van der Waals surface area contributed by atoms with Crippen LogP contribution in [-0.4, -0.2) is 71.9 Å². The highest BCUT2D eigenvalue weighted by molar-refractivity contribution is 7.92. The average molecular weight is 604 g/mol.